The van der Waals surface area contributed by atoms with Crippen LogP contribution in [0.25, 0.3) is 0 Å². The van der Waals surface area contributed by atoms with Crippen molar-refractivity contribution < 1.29 is 0 Å². The molecule has 1 rings (SSSR count). The Kier molecular flexibility index (Phi) is 5.15. The second-order valence-electron chi connectivity index (χ2n) is 3.83. The molecule has 2 nitrogen and oxygen atoms in total. The topological polar surface area (TPSA) is 29.3 Å². The summed E-state index contributed by atoms with van der Waals surface area (Å²) in [5.41, 5.74) is 7.28. The van der Waals surface area contributed by atoms with Crippen LogP contribution >= 0.6 is 11.3 Å². The molecule has 0 fully saturated rings. The van der Waals surface area contributed by atoms with Crippen molar-refractivity contribution >= 4 is 11.3 Å². The summed E-state index contributed by atoms with van der Waals surface area (Å²) in [4.78, 5) is 2.33. The highest BCUT2D eigenvalue weighted by atomic mass is 32.1. The molecule has 1 unspecified atom stereocenters. The van der Waals surface area contributed by atoms with Gasteiger partial charge in [0.05, 0.1) is 0 Å². The van der Waals surface area contributed by atoms with Gasteiger partial charge in [0, 0.05) is 12.6 Å². The maximum atomic E-state index is 5.87. The van der Waals surface area contributed by atoms with Gasteiger partial charge >= 0.3 is 0 Å². The molecule has 14 heavy (non-hydrogen) atoms. The van der Waals surface area contributed by atoms with Crippen molar-refractivity contribution in [3.8, 4) is 0 Å². The van der Waals surface area contributed by atoms with Gasteiger partial charge in [-0.2, -0.15) is 11.3 Å². The van der Waals surface area contributed by atoms with E-state index in [1.54, 1.807) is 11.3 Å². The van der Waals surface area contributed by atoms with E-state index in [-0.39, 0.29) is 0 Å². The van der Waals surface area contributed by atoms with Gasteiger partial charge in [0.25, 0.3) is 0 Å². The second kappa shape index (κ2) is 6.17. The van der Waals surface area contributed by atoms with Crippen molar-refractivity contribution in [3.05, 3.63) is 22.4 Å². The smallest absolute Gasteiger partial charge is 0.0238 e. The lowest BCUT2D eigenvalue weighted by Gasteiger charge is -2.17. The first-order valence-corrected chi connectivity index (χ1v) is 6.12. The van der Waals surface area contributed by atoms with E-state index >= 15 is 0 Å². The van der Waals surface area contributed by atoms with Crippen LogP contribution in [-0.2, 0) is 6.54 Å². The molecule has 0 bridgehead atoms. The Morgan fingerprint density at radius 3 is 2.93 bits per heavy atom. The van der Waals surface area contributed by atoms with E-state index in [0.717, 1.165) is 25.9 Å². The Hall–Kier alpha value is -0.380. The van der Waals surface area contributed by atoms with Crippen LogP contribution in [0.1, 0.15) is 25.3 Å². The maximum Gasteiger partial charge on any atom is 0.0238 e. The van der Waals surface area contributed by atoms with E-state index in [1.165, 1.54) is 5.56 Å². The predicted octanol–water partition coefficient (Wildman–Crippen LogP) is 2.31. The van der Waals surface area contributed by atoms with E-state index in [4.69, 9.17) is 5.73 Å². The third kappa shape index (κ3) is 4.22. The quantitative estimate of drug-likeness (QED) is 0.784. The highest BCUT2D eigenvalue weighted by Crippen LogP contribution is 2.08. The van der Waals surface area contributed by atoms with E-state index in [1.807, 2.05) is 0 Å². The number of thiophene rings is 1. The van der Waals surface area contributed by atoms with Crippen molar-refractivity contribution in [2.24, 2.45) is 5.73 Å². The largest absolute Gasteiger partial charge is 0.328 e. The lowest BCUT2D eigenvalue weighted by molar-refractivity contribution is 0.309. The SMILES string of the molecule is CCC(N)CCN(C)Cc1ccsc1. The van der Waals surface area contributed by atoms with Crippen LogP contribution < -0.4 is 5.73 Å². The number of nitrogens with zero attached hydrogens (tertiary/aromatic N) is 1. The first-order valence-electron chi connectivity index (χ1n) is 5.17. The Bertz CT molecular complexity index is 233. The van der Waals surface area contributed by atoms with Crippen molar-refractivity contribution in [1.29, 1.82) is 0 Å². The fraction of sp³-hybridized carbons (Fsp3) is 0.636. The number of hydrogen-bond acceptors (Lipinski definition) is 3. The monoisotopic (exact) mass is 212 g/mol. The van der Waals surface area contributed by atoms with Crippen LogP contribution in [0.4, 0.5) is 0 Å². The molecule has 0 aliphatic carbocycles. The first kappa shape index (κ1) is 11.7. The number of hydrogen-bond donors (Lipinski definition) is 1. The summed E-state index contributed by atoms with van der Waals surface area (Å²) in [5.74, 6) is 0. The second-order valence-corrected chi connectivity index (χ2v) is 4.61. The van der Waals surface area contributed by atoms with Gasteiger partial charge in [0.15, 0.2) is 0 Å². The van der Waals surface area contributed by atoms with Crippen molar-refractivity contribution in [2.75, 3.05) is 13.6 Å². The molecule has 0 radical (unpaired) electrons. The molecule has 1 aromatic rings. The fourth-order valence-corrected chi connectivity index (χ4v) is 2.02. The summed E-state index contributed by atoms with van der Waals surface area (Å²) in [6.07, 6.45) is 2.17. The minimum Gasteiger partial charge on any atom is -0.328 e. The number of rotatable bonds is 6. The first-order chi connectivity index (χ1) is 6.72. The van der Waals surface area contributed by atoms with E-state index in [0.29, 0.717) is 6.04 Å². The standard InChI is InChI=1S/C11H20N2S/c1-3-11(12)4-6-13(2)8-10-5-7-14-9-10/h5,7,9,11H,3-4,6,8,12H2,1-2H3. The predicted molar refractivity (Wildman–Crippen MR) is 63.5 cm³/mol. The molecule has 0 saturated heterocycles. The molecule has 0 aromatic carbocycles. The summed E-state index contributed by atoms with van der Waals surface area (Å²) in [5, 5.41) is 4.33. The average Bonchev–Trinajstić information content (AvgIpc) is 2.66. The van der Waals surface area contributed by atoms with Crippen LogP contribution in [0.5, 0.6) is 0 Å². The molecular weight excluding hydrogens is 192 g/mol. The lowest BCUT2D eigenvalue weighted by Crippen LogP contribution is -2.27. The van der Waals surface area contributed by atoms with E-state index < -0.39 is 0 Å². The van der Waals surface area contributed by atoms with Gasteiger partial charge in [0.1, 0.15) is 0 Å². The van der Waals surface area contributed by atoms with Crippen LogP contribution in [-0.4, -0.2) is 24.5 Å². The molecule has 1 heterocycles. The molecule has 0 aliphatic heterocycles. The molecule has 0 saturated carbocycles. The highest BCUT2D eigenvalue weighted by Gasteiger charge is 2.03. The lowest BCUT2D eigenvalue weighted by atomic mass is 10.1. The van der Waals surface area contributed by atoms with E-state index in [9.17, 15) is 0 Å². The van der Waals surface area contributed by atoms with Gasteiger partial charge in [-0.05, 0) is 48.8 Å². The molecule has 2 N–H and O–H groups in total. The summed E-state index contributed by atoms with van der Waals surface area (Å²) in [6.45, 7) is 4.27. The summed E-state index contributed by atoms with van der Waals surface area (Å²) in [6, 6.07) is 2.54. The number of nitrogens with two attached hydrogens (primary N) is 1. The minimum absolute atomic E-state index is 0.361. The summed E-state index contributed by atoms with van der Waals surface area (Å²) < 4.78 is 0. The van der Waals surface area contributed by atoms with Crippen LogP contribution in [0.15, 0.2) is 16.8 Å². The third-order valence-corrected chi connectivity index (χ3v) is 3.17. The molecule has 0 aliphatic rings. The highest BCUT2D eigenvalue weighted by molar-refractivity contribution is 7.07. The van der Waals surface area contributed by atoms with Crippen molar-refractivity contribution in [1.82, 2.24) is 4.90 Å². The Morgan fingerprint density at radius 2 is 2.36 bits per heavy atom. The van der Waals surface area contributed by atoms with Crippen LogP contribution in [0.2, 0.25) is 0 Å². The molecule has 3 heteroatoms. The van der Waals surface area contributed by atoms with Gasteiger partial charge in [-0.15, -0.1) is 0 Å². The normalized spacial score (nSPS) is 13.4. The maximum absolute atomic E-state index is 5.87. The van der Waals surface area contributed by atoms with Crippen LogP contribution in [0, 0.1) is 0 Å². The van der Waals surface area contributed by atoms with Gasteiger partial charge in [-0.1, -0.05) is 6.92 Å². The minimum atomic E-state index is 0.361. The molecular formula is C11H20N2S. The Balaban J connectivity index is 2.19. The van der Waals surface area contributed by atoms with E-state index in [2.05, 4.69) is 35.7 Å². The molecule has 0 amide bonds. The van der Waals surface area contributed by atoms with Crippen molar-refractivity contribution in [3.63, 3.8) is 0 Å². The Labute approximate surface area is 90.7 Å². The van der Waals surface area contributed by atoms with Gasteiger partial charge in [-0.25, -0.2) is 0 Å². The molecule has 1 aromatic heterocycles. The van der Waals surface area contributed by atoms with Gasteiger partial charge in [0.2, 0.25) is 0 Å². The zero-order chi connectivity index (χ0) is 10.4. The molecule has 80 valence electrons. The van der Waals surface area contributed by atoms with Crippen molar-refractivity contribution in [2.45, 2.75) is 32.4 Å². The molecule has 1 atom stereocenters. The third-order valence-electron chi connectivity index (χ3n) is 2.44. The van der Waals surface area contributed by atoms with Gasteiger partial charge < -0.3 is 10.6 Å². The van der Waals surface area contributed by atoms with Crippen LogP contribution in [0.3, 0.4) is 0 Å². The van der Waals surface area contributed by atoms with Gasteiger partial charge in [-0.3, -0.25) is 0 Å². The zero-order valence-electron chi connectivity index (χ0n) is 9.07. The summed E-state index contributed by atoms with van der Waals surface area (Å²) >= 11 is 1.76. The average molecular weight is 212 g/mol. The zero-order valence-corrected chi connectivity index (χ0v) is 9.89. The summed E-state index contributed by atoms with van der Waals surface area (Å²) in [7, 11) is 2.15. The molecule has 0 spiro atoms. The fourth-order valence-electron chi connectivity index (χ4n) is 1.36. The Morgan fingerprint density at radius 1 is 1.57 bits per heavy atom.